The molecule has 24 heavy (non-hydrogen) atoms. The second-order valence-corrected chi connectivity index (χ2v) is 5.76. The molecule has 0 aromatic heterocycles. The summed E-state index contributed by atoms with van der Waals surface area (Å²) in [5.74, 6) is 0.162. The molecule has 2 aromatic rings. The van der Waals surface area contributed by atoms with Gasteiger partial charge in [-0.15, -0.1) is 0 Å². The highest BCUT2D eigenvalue weighted by molar-refractivity contribution is 5.79. The molecule has 0 saturated carbocycles. The molecule has 1 N–H and O–H groups in total. The molecule has 2 aromatic carbocycles. The van der Waals surface area contributed by atoms with Gasteiger partial charge in [0.25, 0.3) is 5.69 Å². The maximum absolute atomic E-state index is 12.1. The van der Waals surface area contributed by atoms with Gasteiger partial charge < -0.3 is 5.32 Å². The van der Waals surface area contributed by atoms with Crippen LogP contribution in [0.5, 0.6) is 0 Å². The van der Waals surface area contributed by atoms with Crippen molar-refractivity contribution < 1.29 is 9.72 Å². The van der Waals surface area contributed by atoms with Crippen LogP contribution in [0.25, 0.3) is 0 Å². The maximum atomic E-state index is 12.1. The Morgan fingerprint density at radius 2 is 1.92 bits per heavy atom. The third-order valence-corrected chi connectivity index (χ3v) is 3.84. The maximum Gasteiger partial charge on any atom is 0.269 e. The Kier molecular flexibility index (Phi) is 6.63. The van der Waals surface area contributed by atoms with E-state index in [4.69, 9.17) is 0 Å². The van der Waals surface area contributed by atoms with Crippen molar-refractivity contribution in [3.63, 3.8) is 0 Å². The summed E-state index contributed by atoms with van der Waals surface area (Å²) >= 11 is 0. The lowest BCUT2D eigenvalue weighted by molar-refractivity contribution is -0.384. The lowest BCUT2D eigenvalue weighted by Gasteiger charge is -2.19. The second-order valence-electron chi connectivity index (χ2n) is 5.76. The van der Waals surface area contributed by atoms with Gasteiger partial charge in [-0.2, -0.15) is 0 Å². The normalized spacial score (nSPS) is 11.9. The fourth-order valence-corrected chi connectivity index (χ4v) is 2.61. The Morgan fingerprint density at radius 1 is 1.17 bits per heavy atom. The predicted octanol–water partition coefficient (Wildman–Crippen LogP) is 4.19. The fraction of sp³-hybridized carbons (Fsp3) is 0.316. The number of ketones is 1. The minimum atomic E-state index is -0.411. The summed E-state index contributed by atoms with van der Waals surface area (Å²) in [7, 11) is 0. The number of rotatable bonds is 9. The standard InChI is InChI=1S/C19H22N2O3/c1-2-7-18(22)13-19(20-14-15-8-4-3-5-9-15)16-10-6-11-17(12-16)21(23)24/h3-6,8-12,19-20H,2,7,13-14H2,1H3. The lowest BCUT2D eigenvalue weighted by atomic mass is 9.98. The minimum Gasteiger partial charge on any atom is -0.305 e. The van der Waals surface area contributed by atoms with Gasteiger partial charge in [0.05, 0.1) is 4.92 Å². The number of carbonyl (C=O) groups is 1. The number of benzene rings is 2. The van der Waals surface area contributed by atoms with Crippen LogP contribution in [0.1, 0.15) is 43.4 Å². The van der Waals surface area contributed by atoms with Crippen LogP contribution >= 0.6 is 0 Å². The molecule has 0 saturated heterocycles. The molecule has 0 aliphatic rings. The molecule has 126 valence electrons. The van der Waals surface area contributed by atoms with E-state index >= 15 is 0 Å². The largest absolute Gasteiger partial charge is 0.305 e. The van der Waals surface area contributed by atoms with Gasteiger partial charge in [-0.05, 0) is 17.5 Å². The molecule has 0 spiro atoms. The van der Waals surface area contributed by atoms with E-state index in [9.17, 15) is 14.9 Å². The minimum absolute atomic E-state index is 0.0435. The van der Waals surface area contributed by atoms with Crippen molar-refractivity contribution in [1.82, 2.24) is 5.32 Å². The lowest BCUT2D eigenvalue weighted by Crippen LogP contribution is -2.23. The highest BCUT2D eigenvalue weighted by Crippen LogP contribution is 2.23. The Bertz CT molecular complexity index is 686. The first-order valence-corrected chi connectivity index (χ1v) is 8.13. The average molecular weight is 326 g/mol. The molecule has 0 aliphatic carbocycles. The van der Waals surface area contributed by atoms with E-state index in [1.807, 2.05) is 43.3 Å². The van der Waals surface area contributed by atoms with Crippen molar-refractivity contribution in [3.05, 3.63) is 75.8 Å². The van der Waals surface area contributed by atoms with Gasteiger partial charge in [0.1, 0.15) is 5.78 Å². The van der Waals surface area contributed by atoms with Crippen LogP contribution in [0.3, 0.4) is 0 Å². The monoisotopic (exact) mass is 326 g/mol. The molecule has 1 unspecified atom stereocenters. The fourth-order valence-electron chi connectivity index (χ4n) is 2.61. The smallest absolute Gasteiger partial charge is 0.269 e. The van der Waals surface area contributed by atoms with Gasteiger partial charge in [0.2, 0.25) is 0 Å². The van der Waals surface area contributed by atoms with E-state index in [1.54, 1.807) is 12.1 Å². The number of carbonyl (C=O) groups excluding carboxylic acids is 1. The Labute approximate surface area is 141 Å². The van der Waals surface area contributed by atoms with Crippen molar-refractivity contribution in [1.29, 1.82) is 0 Å². The summed E-state index contributed by atoms with van der Waals surface area (Å²) in [4.78, 5) is 22.7. The number of hydrogen-bond donors (Lipinski definition) is 1. The number of non-ortho nitro benzene ring substituents is 1. The third kappa shape index (κ3) is 5.28. The third-order valence-electron chi connectivity index (χ3n) is 3.84. The van der Waals surface area contributed by atoms with Gasteiger partial charge in [-0.3, -0.25) is 14.9 Å². The molecule has 5 heteroatoms. The zero-order chi connectivity index (χ0) is 17.4. The Hall–Kier alpha value is -2.53. The average Bonchev–Trinajstić information content (AvgIpc) is 2.60. The number of nitro benzene ring substituents is 1. The first kappa shape index (κ1) is 17.8. The molecule has 2 rings (SSSR count). The van der Waals surface area contributed by atoms with Crippen molar-refractivity contribution in [2.45, 2.75) is 38.8 Å². The molecule has 0 amide bonds. The molecule has 1 atom stereocenters. The summed E-state index contributed by atoms with van der Waals surface area (Å²) in [6.45, 7) is 2.57. The van der Waals surface area contributed by atoms with Crippen molar-refractivity contribution in [3.8, 4) is 0 Å². The molecule has 0 bridgehead atoms. The number of Topliss-reactive ketones (excluding diaryl/α,β-unsaturated/α-hetero) is 1. The topological polar surface area (TPSA) is 72.2 Å². The molecular weight excluding hydrogens is 304 g/mol. The number of nitrogens with one attached hydrogen (secondary N) is 1. The predicted molar refractivity (Wildman–Crippen MR) is 93.7 cm³/mol. The second kappa shape index (κ2) is 8.93. The van der Waals surface area contributed by atoms with E-state index in [2.05, 4.69) is 5.32 Å². The van der Waals surface area contributed by atoms with Crippen LogP contribution in [0.4, 0.5) is 5.69 Å². The summed E-state index contributed by atoms with van der Waals surface area (Å²) in [6, 6.07) is 16.1. The SMILES string of the molecule is CCCC(=O)CC(NCc1ccccc1)c1cccc([N+](=O)[O-])c1. The molecule has 0 fully saturated rings. The van der Waals surface area contributed by atoms with E-state index in [-0.39, 0.29) is 17.5 Å². The zero-order valence-electron chi connectivity index (χ0n) is 13.8. The Balaban J connectivity index is 2.16. The molecular formula is C19H22N2O3. The van der Waals surface area contributed by atoms with Crippen molar-refractivity contribution in [2.75, 3.05) is 0 Å². The van der Waals surface area contributed by atoms with E-state index in [0.717, 1.165) is 17.5 Å². The number of nitrogens with zero attached hydrogens (tertiary/aromatic N) is 1. The van der Waals surface area contributed by atoms with Crippen molar-refractivity contribution >= 4 is 11.5 Å². The van der Waals surface area contributed by atoms with Gasteiger partial charge in [0.15, 0.2) is 0 Å². The summed E-state index contributed by atoms with van der Waals surface area (Å²) < 4.78 is 0. The highest BCUT2D eigenvalue weighted by Gasteiger charge is 2.17. The van der Waals surface area contributed by atoms with Crippen LogP contribution in [-0.4, -0.2) is 10.7 Å². The van der Waals surface area contributed by atoms with Gasteiger partial charge in [0, 0.05) is 37.6 Å². The summed E-state index contributed by atoms with van der Waals surface area (Å²) in [6.07, 6.45) is 1.67. The quantitative estimate of drug-likeness (QED) is 0.554. The first-order valence-electron chi connectivity index (χ1n) is 8.13. The van der Waals surface area contributed by atoms with Crippen LogP contribution in [0.15, 0.2) is 54.6 Å². The van der Waals surface area contributed by atoms with Crippen LogP contribution < -0.4 is 5.32 Å². The number of nitro groups is 1. The van der Waals surface area contributed by atoms with E-state index in [1.165, 1.54) is 6.07 Å². The Morgan fingerprint density at radius 3 is 2.58 bits per heavy atom. The molecule has 0 aliphatic heterocycles. The van der Waals surface area contributed by atoms with Gasteiger partial charge >= 0.3 is 0 Å². The molecule has 0 heterocycles. The van der Waals surface area contributed by atoms with Crippen LogP contribution in [-0.2, 0) is 11.3 Å². The van der Waals surface area contributed by atoms with E-state index < -0.39 is 4.92 Å². The first-order chi connectivity index (χ1) is 11.6. The molecule has 5 nitrogen and oxygen atoms in total. The van der Waals surface area contributed by atoms with Gasteiger partial charge in [-0.1, -0.05) is 49.4 Å². The summed E-state index contributed by atoms with van der Waals surface area (Å²) in [5.41, 5.74) is 1.92. The summed E-state index contributed by atoms with van der Waals surface area (Å²) in [5, 5.41) is 14.4. The number of hydrogen-bond acceptors (Lipinski definition) is 4. The van der Waals surface area contributed by atoms with Crippen molar-refractivity contribution in [2.24, 2.45) is 0 Å². The highest BCUT2D eigenvalue weighted by atomic mass is 16.6. The van der Waals surface area contributed by atoms with Crippen LogP contribution in [0, 0.1) is 10.1 Å². The molecule has 0 radical (unpaired) electrons. The van der Waals surface area contributed by atoms with Crippen LogP contribution in [0.2, 0.25) is 0 Å². The zero-order valence-corrected chi connectivity index (χ0v) is 13.8. The van der Waals surface area contributed by atoms with Gasteiger partial charge in [-0.25, -0.2) is 0 Å². The van der Waals surface area contributed by atoms with E-state index in [0.29, 0.717) is 19.4 Å².